The zero-order valence-electron chi connectivity index (χ0n) is 20.4. The minimum Gasteiger partial charge on any atom is -0.374 e. The van der Waals surface area contributed by atoms with Crippen LogP contribution in [0.1, 0.15) is 84.3 Å². The normalized spacial score (nSPS) is 14.7. The van der Waals surface area contributed by atoms with Gasteiger partial charge in [-0.05, 0) is 42.5 Å². The van der Waals surface area contributed by atoms with Crippen LogP contribution in [0.25, 0.3) is 0 Å². The molecule has 0 saturated carbocycles. The number of rotatable bonds is 13. The van der Waals surface area contributed by atoms with Crippen molar-refractivity contribution in [3.63, 3.8) is 0 Å². The van der Waals surface area contributed by atoms with Crippen LogP contribution in [0.3, 0.4) is 0 Å². The summed E-state index contributed by atoms with van der Waals surface area (Å²) >= 11 is 0. The van der Waals surface area contributed by atoms with Gasteiger partial charge in [0.15, 0.2) is 0 Å². The van der Waals surface area contributed by atoms with Crippen LogP contribution in [0, 0.1) is 17.7 Å². The molecule has 0 aromatic heterocycles. The fraction of sp³-hybridized carbons (Fsp3) is 0.704. The third kappa shape index (κ3) is 10.1. The van der Waals surface area contributed by atoms with Crippen LogP contribution in [0.15, 0.2) is 30.5 Å². The number of likely N-dealkylation sites (tertiary alicyclic amines) is 1. The summed E-state index contributed by atoms with van der Waals surface area (Å²) in [4.78, 5) is 2.30. The highest BCUT2D eigenvalue weighted by Crippen LogP contribution is 2.23. The minimum absolute atomic E-state index is 0.0850. The Morgan fingerprint density at radius 2 is 1.90 bits per heavy atom. The van der Waals surface area contributed by atoms with Crippen molar-refractivity contribution in [3.05, 3.63) is 47.4 Å². The molecule has 1 aromatic rings. The highest BCUT2D eigenvalue weighted by Gasteiger charge is 2.27. The van der Waals surface area contributed by atoms with Crippen molar-refractivity contribution in [2.75, 3.05) is 26.2 Å². The van der Waals surface area contributed by atoms with Crippen molar-refractivity contribution in [2.24, 2.45) is 11.8 Å². The molecule has 1 unspecified atom stereocenters. The third-order valence-corrected chi connectivity index (χ3v) is 5.89. The third-order valence-electron chi connectivity index (χ3n) is 5.89. The standard InChI is InChI=1S/C24H39FN2.C3H8/c1-5-9-21-11-12-23(24(25)15-21)14-20(4)27-17-22(18-27)16-26-13-8-7-10-19(3)6-2;1-3-2/h11-12,15,19,22,26H,4-10,13-14,16-18H2,1-3H3;3H2,1-2H3. The second kappa shape index (κ2) is 15.5. The van der Waals surface area contributed by atoms with Crippen molar-refractivity contribution < 1.29 is 4.39 Å². The summed E-state index contributed by atoms with van der Waals surface area (Å²) in [5.74, 6) is 1.48. The maximum absolute atomic E-state index is 14.3. The van der Waals surface area contributed by atoms with E-state index in [1.807, 2.05) is 6.07 Å². The largest absolute Gasteiger partial charge is 0.374 e. The Bertz CT molecular complexity index is 593. The molecule has 0 amide bonds. The van der Waals surface area contributed by atoms with E-state index in [1.54, 1.807) is 6.07 Å². The van der Waals surface area contributed by atoms with Gasteiger partial charge in [0.05, 0.1) is 0 Å². The number of nitrogens with one attached hydrogen (secondary N) is 1. The topological polar surface area (TPSA) is 15.3 Å². The number of hydrogen-bond acceptors (Lipinski definition) is 2. The number of allylic oxidation sites excluding steroid dienone is 1. The SMILES string of the molecule is C=C(Cc1ccc(CCC)cc1F)N1CC(CNCCCCC(C)CC)C1.CCC. The number of hydrogen-bond donors (Lipinski definition) is 1. The van der Waals surface area contributed by atoms with E-state index in [4.69, 9.17) is 0 Å². The van der Waals surface area contributed by atoms with Crippen LogP contribution in [0.2, 0.25) is 0 Å². The van der Waals surface area contributed by atoms with E-state index in [2.05, 4.69) is 57.5 Å². The zero-order valence-corrected chi connectivity index (χ0v) is 20.4. The van der Waals surface area contributed by atoms with E-state index in [0.717, 1.165) is 61.8 Å². The lowest BCUT2D eigenvalue weighted by Gasteiger charge is -2.42. The highest BCUT2D eigenvalue weighted by atomic mass is 19.1. The molecule has 1 saturated heterocycles. The summed E-state index contributed by atoms with van der Waals surface area (Å²) in [6.45, 7) is 19.5. The van der Waals surface area contributed by atoms with Gasteiger partial charge in [-0.25, -0.2) is 4.39 Å². The maximum Gasteiger partial charge on any atom is 0.127 e. The van der Waals surface area contributed by atoms with Crippen LogP contribution in [0.5, 0.6) is 0 Å². The lowest BCUT2D eigenvalue weighted by Crippen LogP contribution is -2.50. The summed E-state index contributed by atoms with van der Waals surface area (Å²) < 4.78 is 14.3. The van der Waals surface area contributed by atoms with Crippen LogP contribution < -0.4 is 5.32 Å². The molecule has 0 bridgehead atoms. The van der Waals surface area contributed by atoms with Crippen LogP contribution >= 0.6 is 0 Å². The van der Waals surface area contributed by atoms with Gasteiger partial charge in [0.2, 0.25) is 0 Å². The van der Waals surface area contributed by atoms with Crippen molar-refractivity contribution in [2.45, 2.75) is 86.0 Å². The molecule has 0 radical (unpaired) electrons. The number of aryl methyl sites for hydroxylation is 1. The Balaban J connectivity index is 0.00000141. The van der Waals surface area contributed by atoms with Crippen molar-refractivity contribution in [3.8, 4) is 0 Å². The van der Waals surface area contributed by atoms with E-state index >= 15 is 0 Å². The molecule has 172 valence electrons. The monoisotopic (exact) mass is 418 g/mol. The van der Waals surface area contributed by atoms with E-state index < -0.39 is 0 Å². The number of unbranched alkanes of at least 4 members (excludes halogenated alkanes) is 1. The van der Waals surface area contributed by atoms with E-state index in [-0.39, 0.29) is 5.82 Å². The average Bonchev–Trinajstić information content (AvgIpc) is 2.68. The molecule has 1 heterocycles. The van der Waals surface area contributed by atoms with Gasteiger partial charge >= 0.3 is 0 Å². The molecule has 3 heteroatoms. The summed E-state index contributed by atoms with van der Waals surface area (Å²) in [6.07, 6.45) is 9.11. The molecule has 1 atom stereocenters. The number of benzene rings is 1. The predicted octanol–water partition coefficient (Wildman–Crippen LogP) is 6.99. The van der Waals surface area contributed by atoms with Crippen LogP contribution in [0.4, 0.5) is 4.39 Å². The summed E-state index contributed by atoms with van der Waals surface area (Å²) in [7, 11) is 0. The first-order valence-electron chi connectivity index (χ1n) is 12.4. The number of nitrogens with zero attached hydrogens (tertiary/aromatic N) is 1. The molecule has 1 fully saturated rings. The molecule has 0 spiro atoms. The number of halogens is 1. The second-order valence-corrected chi connectivity index (χ2v) is 9.11. The Morgan fingerprint density at radius 1 is 1.20 bits per heavy atom. The van der Waals surface area contributed by atoms with Gasteiger partial charge in [-0.15, -0.1) is 0 Å². The molecular weight excluding hydrogens is 371 g/mol. The zero-order chi connectivity index (χ0) is 22.4. The fourth-order valence-electron chi connectivity index (χ4n) is 3.72. The lowest BCUT2D eigenvalue weighted by molar-refractivity contribution is 0.138. The van der Waals surface area contributed by atoms with E-state index in [1.165, 1.54) is 32.1 Å². The van der Waals surface area contributed by atoms with Gasteiger partial charge in [0.25, 0.3) is 0 Å². The van der Waals surface area contributed by atoms with Crippen molar-refractivity contribution in [1.82, 2.24) is 10.2 Å². The highest BCUT2D eigenvalue weighted by molar-refractivity contribution is 5.27. The van der Waals surface area contributed by atoms with Gasteiger partial charge < -0.3 is 10.2 Å². The van der Waals surface area contributed by atoms with E-state index in [0.29, 0.717) is 12.3 Å². The van der Waals surface area contributed by atoms with Gasteiger partial charge in [0, 0.05) is 37.7 Å². The molecule has 1 N–H and O–H groups in total. The quantitative estimate of drug-likeness (QED) is 0.347. The van der Waals surface area contributed by atoms with Gasteiger partial charge in [-0.2, -0.15) is 0 Å². The smallest absolute Gasteiger partial charge is 0.127 e. The first-order valence-corrected chi connectivity index (χ1v) is 12.4. The molecule has 2 rings (SSSR count). The molecule has 0 aliphatic carbocycles. The Hall–Kier alpha value is -1.35. The molecule has 30 heavy (non-hydrogen) atoms. The Morgan fingerprint density at radius 3 is 2.50 bits per heavy atom. The van der Waals surface area contributed by atoms with E-state index in [9.17, 15) is 4.39 Å². The second-order valence-electron chi connectivity index (χ2n) is 9.11. The average molecular weight is 419 g/mol. The Labute approximate surface area is 186 Å². The van der Waals surface area contributed by atoms with Crippen molar-refractivity contribution >= 4 is 0 Å². The summed E-state index contributed by atoms with van der Waals surface area (Å²) in [5, 5.41) is 3.60. The molecule has 1 aliphatic heterocycles. The summed E-state index contributed by atoms with van der Waals surface area (Å²) in [6, 6.07) is 5.68. The fourth-order valence-corrected chi connectivity index (χ4v) is 3.72. The first-order chi connectivity index (χ1) is 14.4. The Kier molecular flexibility index (Phi) is 13.7. The molecular formula is C27H47FN2. The van der Waals surface area contributed by atoms with Gasteiger partial charge in [-0.1, -0.05) is 85.4 Å². The van der Waals surface area contributed by atoms with Gasteiger partial charge in [0.1, 0.15) is 5.82 Å². The lowest BCUT2D eigenvalue weighted by atomic mass is 9.97. The first kappa shape index (κ1) is 26.7. The maximum atomic E-state index is 14.3. The molecule has 2 nitrogen and oxygen atoms in total. The predicted molar refractivity (Wildman–Crippen MR) is 130 cm³/mol. The van der Waals surface area contributed by atoms with Gasteiger partial charge in [-0.3, -0.25) is 0 Å². The molecule has 1 aromatic carbocycles. The molecule has 1 aliphatic rings. The van der Waals surface area contributed by atoms with Crippen molar-refractivity contribution in [1.29, 1.82) is 0 Å². The minimum atomic E-state index is -0.0850. The van der Waals surface area contributed by atoms with Crippen LogP contribution in [-0.4, -0.2) is 31.1 Å². The summed E-state index contributed by atoms with van der Waals surface area (Å²) in [5.41, 5.74) is 2.90. The van der Waals surface area contributed by atoms with Crippen LogP contribution in [-0.2, 0) is 12.8 Å².